The van der Waals surface area contributed by atoms with E-state index in [4.69, 9.17) is 4.74 Å². The molecule has 26 heavy (non-hydrogen) atoms. The maximum Gasteiger partial charge on any atom is 0.142 e. The average molecular weight is 443 g/mol. The number of para-hydroxylation sites is 1. The standard InChI is InChI=1S/C22H19BrOS2/c1-3-14(2)15-12-22-18(13-16(15)23)24-17-8-4-5-9-19(17)25-20-10-6-7-11-21(20)26-22/h4-14H,3H2,1-2H3. The molecule has 1 atom stereocenters. The van der Waals surface area contributed by atoms with Crippen molar-refractivity contribution in [2.24, 2.45) is 0 Å². The van der Waals surface area contributed by atoms with Gasteiger partial charge in [-0.3, -0.25) is 0 Å². The number of hydrogen-bond acceptors (Lipinski definition) is 3. The molecule has 4 heteroatoms. The molecule has 3 aromatic carbocycles. The maximum absolute atomic E-state index is 6.37. The minimum atomic E-state index is 0.500. The van der Waals surface area contributed by atoms with E-state index in [1.54, 1.807) is 23.5 Å². The number of fused-ring (bicyclic) bond motifs is 3. The lowest BCUT2D eigenvalue weighted by molar-refractivity contribution is 0.459. The Morgan fingerprint density at radius 3 is 2.15 bits per heavy atom. The first-order chi connectivity index (χ1) is 12.7. The van der Waals surface area contributed by atoms with E-state index in [2.05, 4.69) is 78.3 Å². The van der Waals surface area contributed by atoms with Gasteiger partial charge in [0.2, 0.25) is 0 Å². The summed E-state index contributed by atoms with van der Waals surface area (Å²) in [5.74, 6) is 2.30. The number of benzene rings is 3. The van der Waals surface area contributed by atoms with Gasteiger partial charge in [0.1, 0.15) is 11.5 Å². The number of rotatable bonds is 2. The third kappa shape index (κ3) is 3.55. The summed E-state index contributed by atoms with van der Waals surface area (Å²) in [7, 11) is 0. The molecule has 0 bridgehead atoms. The van der Waals surface area contributed by atoms with E-state index in [9.17, 15) is 0 Å². The second kappa shape index (κ2) is 7.71. The van der Waals surface area contributed by atoms with Gasteiger partial charge in [0, 0.05) is 14.3 Å². The summed E-state index contributed by atoms with van der Waals surface area (Å²) in [4.78, 5) is 4.81. The molecule has 3 aromatic rings. The van der Waals surface area contributed by atoms with Crippen LogP contribution in [0.25, 0.3) is 0 Å². The fourth-order valence-corrected chi connectivity index (χ4v) is 5.71. The molecule has 0 N–H and O–H groups in total. The molecular weight excluding hydrogens is 424 g/mol. The van der Waals surface area contributed by atoms with Crippen LogP contribution in [0.1, 0.15) is 31.7 Å². The Balaban J connectivity index is 1.92. The molecule has 0 saturated heterocycles. The Morgan fingerprint density at radius 2 is 1.46 bits per heavy atom. The van der Waals surface area contributed by atoms with Crippen LogP contribution in [0.2, 0.25) is 0 Å². The van der Waals surface area contributed by atoms with Crippen molar-refractivity contribution in [1.82, 2.24) is 0 Å². The average Bonchev–Trinajstić information content (AvgIpc) is 2.72. The Kier molecular flexibility index (Phi) is 5.35. The molecule has 132 valence electrons. The monoisotopic (exact) mass is 442 g/mol. The van der Waals surface area contributed by atoms with Crippen LogP contribution in [0.3, 0.4) is 0 Å². The van der Waals surface area contributed by atoms with Crippen molar-refractivity contribution in [3.63, 3.8) is 0 Å². The van der Waals surface area contributed by atoms with E-state index in [1.165, 1.54) is 15.4 Å². The zero-order chi connectivity index (χ0) is 18.1. The van der Waals surface area contributed by atoms with Gasteiger partial charge in [-0.05, 0) is 54.3 Å². The summed E-state index contributed by atoms with van der Waals surface area (Å²) in [5.41, 5.74) is 1.33. The van der Waals surface area contributed by atoms with E-state index < -0.39 is 0 Å². The van der Waals surface area contributed by atoms with Crippen molar-refractivity contribution < 1.29 is 4.74 Å². The van der Waals surface area contributed by atoms with Crippen molar-refractivity contribution in [1.29, 1.82) is 0 Å². The Hall–Kier alpha value is -1.36. The summed E-state index contributed by atoms with van der Waals surface area (Å²) in [5, 5.41) is 0. The SMILES string of the molecule is CCC(C)c1cc2c(cc1Br)Oc1ccccc1Sc1ccccc1S2. The normalized spacial score (nSPS) is 14.0. The molecule has 0 saturated carbocycles. The molecule has 0 spiro atoms. The molecule has 0 aromatic heterocycles. The van der Waals surface area contributed by atoms with Gasteiger partial charge in [-0.25, -0.2) is 0 Å². The molecule has 4 rings (SSSR count). The highest BCUT2D eigenvalue weighted by Crippen LogP contribution is 2.49. The van der Waals surface area contributed by atoms with Crippen LogP contribution >= 0.6 is 39.5 Å². The molecule has 0 aliphatic carbocycles. The number of ether oxygens (including phenoxy) is 1. The first-order valence-electron chi connectivity index (χ1n) is 8.70. The van der Waals surface area contributed by atoms with Gasteiger partial charge in [0.05, 0.1) is 9.79 Å². The number of halogens is 1. The van der Waals surface area contributed by atoms with E-state index in [0.717, 1.165) is 32.2 Å². The highest BCUT2D eigenvalue weighted by Gasteiger charge is 2.19. The summed E-state index contributed by atoms with van der Waals surface area (Å²) in [6, 6.07) is 21.2. The van der Waals surface area contributed by atoms with Gasteiger partial charge in [0.25, 0.3) is 0 Å². The van der Waals surface area contributed by atoms with Crippen LogP contribution in [0.15, 0.2) is 84.7 Å². The van der Waals surface area contributed by atoms with E-state index >= 15 is 0 Å². The van der Waals surface area contributed by atoms with Crippen molar-refractivity contribution in [2.45, 2.75) is 45.8 Å². The molecule has 1 heterocycles. The minimum Gasteiger partial charge on any atom is -0.455 e. The zero-order valence-electron chi connectivity index (χ0n) is 14.7. The predicted octanol–water partition coefficient (Wildman–Crippen LogP) is 8.37. The molecule has 1 unspecified atom stereocenters. The number of hydrogen-bond donors (Lipinski definition) is 0. The maximum atomic E-state index is 6.37. The summed E-state index contributed by atoms with van der Waals surface area (Å²) in [6.45, 7) is 4.50. The van der Waals surface area contributed by atoms with Gasteiger partial charge in [0.15, 0.2) is 0 Å². The molecule has 0 fully saturated rings. The zero-order valence-corrected chi connectivity index (χ0v) is 17.9. The van der Waals surface area contributed by atoms with Crippen LogP contribution in [0, 0.1) is 0 Å². The highest BCUT2D eigenvalue weighted by molar-refractivity contribution is 9.10. The first-order valence-corrected chi connectivity index (χ1v) is 11.1. The second-order valence-electron chi connectivity index (χ2n) is 6.33. The topological polar surface area (TPSA) is 9.23 Å². The van der Waals surface area contributed by atoms with Gasteiger partial charge >= 0.3 is 0 Å². The second-order valence-corrected chi connectivity index (χ2v) is 9.35. The lowest BCUT2D eigenvalue weighted by Gasteiger charge is -2.17. The Labute approximate surface area is 171 Å². The van der Waals surface area contributed by atoms with Gasteiger partial charge in [-0.15, -0.1) is 0 Å². The van der Waals surface area contributed by atoms with Crippen molar-refractivity contribution in [3.05, 3.63) is 70.7 Å². The molecule has 0 amide bonds. The van der Waals surface area contributed by atoms with Crippen LogP contribution in [0.4, 0.5) is 0 Å². The lowest BCUT2D eigenvalue weighted by Crippen LogP contribution is -1.96. The summed E-state index contributed by atoms with van der Waals surface area (Å²) >= 11 is 7.31. The van der Waals surface area contributed by atoms with E-state index in [-0.39, 0.29) is 0 Å². The fourth-order valence-electron chi connectivity index (χ4n) is 2.90. The largest absolute Gasteiger partial charge is 0.455 e. The van der Waals surface area contributed by atoms with E-state index in [0.29, 0.717) is 5.92 Å². The van der Waals surface area contributed by atoms with Crippen LogP contribution < -0.4 is 4.74 Å². The Bertz CT molecular complexity index is 955. The van der Waals surface area contributed by atoms with Crippen LogP contribution in [-0.4, -0.2) is 0 Å². The Morgan fingerprint density at radius 1 is 0.846 bits per heavy atom. The van der Waals surface area contributed by atoms with Crippen molar-refractivity contribution in [3.8, 4) is 11.5 Å². The van der Waals surface area contributed by atoms with Crippen LogP contribution in [0.5, 0.6) is 11.5 Å². The van der Waals surface area contributed by atoms with E-state index in [1.807, 2.05) is 12.1 Å². The fraction of sp³-hybridized carbons (Fsp3) is 0.182. The third-order valence-corrected chi connectivity index (χ3v) is 7.63. The van der Waals surface area contributed by atoms with Crippen molar-refractivity contribution in [2.75, 3.05) is 0 Å². The van der Waals surface area contributed by atoms with Crippen LogP contribution in [-0.2, 0) is 0 Å². The summed E-state index contributed by atoms with van der Waals surface area (Å²) < 4.78 is 7.49. The molecule has 0 radical (unpaired) electrons. The summed E-state index contributed by atoms with van der Waals surface area (Å²) in [6.07, 6.45) is 1.11. The van der Waals surface area contributed by atoms with Crippen molar-refractivity contribution >= 4 is 39.5 Å². The molecule has 1 aliphatic heterocycles. The first kappa shape index (κ1) is 18.0. The van der Waals surface area contributed by atoms with Gasteiger partial charge in [-0.1, -0.05) is 77.6 Å². The molecule has 1 nitrogen and oxygen atoms in total. The predicted molar refractivity (Wildman–Crippen MR) is 114 cm³/mol. The van der Waals surface area contributed by atoms with Gasteiger partial charge in [-0.2, -0.15) is 0 Å². The molecular formula is C22H19BrOS2. The quantitative estimate of drug-likeness (QED) is 0.308. The smallest absolute Gasteiger partial charge is 0.142 e. The third-order valence-electron chi connectivity index (χ3n) is 4.56. The van der Waals surface area contributed by atoms with Gasteiger partial charge < -0.3 is 4.74 Å². The lowest BCUT2D eigenvalue weighted by atomic mass is 9.99. The highest BCUT2D eigenvalue weighted by atomic mass is 79.9. The minimum absolute atomic E-state index is 0.500. The molecule has 1 aliphatic rings.